The fraction of sp³-hybridized carbons (Fsp3) is 0.429. The molecule has 1 saturated carbocycles. The number of nitrogens with zero attached hydrogens (tertiary/aromatic N) is 4. The third-order valence-electron chi connectivity index (χ3n) is 7.92. The average molecular weight is 601 g/mol. The van der Waals surface area contributed by atoms with E-state index in [1.165, 1.54) is 4.90 Å². The number of aryl methyl sites for hydroxylation is 1. The molecule has 2 saturated heterocycles. The van der Waals surface area contributed by atoms with Crippen LogP contribution in [0.5, 0.6) is 0 Å². The highest BCUT2D eigenvalue weighted by Gasteiger charge is 2.72. The zero-order valence-electron chi connectivity index (χ0n) is 22.9. The van der Waals surface area contributed by atoms with Gasteiger partial charge in [0.15, 0.2) is 0 Å². The Morgan fingerprint density at radius 2 is 1.93 bits per heavy atom. The molecule has 3 aromatic rings. The van der Waals surface area contributed by atoms with Crippen LogP contribution in [-0.2, 0) is 20.9 Å². The van der Waals surface area contributed by atoms with Crippen LogP contribution in [0.4, 0.5) is 18.9 Å². The Hall–Kier alpha value is -4.09. The number of halogens is 3. The minimum Gasteiger partial charge on any atom is -0.475 e. The number of pyridine rings is 2. The van der Waals surface area contributed by atoms with Crippen molar-refractivity contribution in [2.75, 3.05) is 18.4 Å². The molecule has 42 heavy (non-hydrogen) atoms. The van der Waals surface area contributed by atoms with E-state index in [0.717, 1.165) is 57.1 Å². The van der Waals surface area contributed by atoms with Crippen molar-refractivity contribution >= 4 is 45.0 Å². The first-order chi connectivity index (χ1) is 19.7. The van der Waals surface area contributed by atoms with E-state index >= 15 is 0 Å². The zero-order chi connectivity index (χ0) is 30.6. The lowest BCUT2D eigenvalue weighted by atomic mass is 10.0. The first kappa shape index (κ1) is 29.4. The van der Waals surface area contributed by atoms with Gasteiger partial charge in [0.25, 0.3) is 0 Å². The Labute approximate surface area is 242 Å². The fourth-order valence-electron chi connectivity index (χ4n) is 5.70. The van der Waals surface area contributed by atoms with Gasteiger partial charge in [-0.2, -0.15) is 18.4 Å². The third-order valence-corrected chi connectivity index (χ3v) is 9.07. The number of nitriles is 1. The Kier molecular flexibility index (Phi) is 7.44. The van der Waals surface area contributed by atoms with E-state index in [0.29, 0.717) is 11.7 Å². The first-order valence-electron chi connectivity index (χ1n) is 13.2. The van der Waals surface area contributed by atoms with Crippen LogP contribution in [0.15, 0.2) is 24.4 Å². The number of carbonyl (C=O) groups is 3. The molecular formula is C28H27F3N6O4S. The number of imide groups is 1. The quantitative estimate of drug-likeness (QED) is 0.368. The number of aliphatic carboxylic acids is 1. The van der Waals surface area contributed by atoms with Crippen molar-refractivity contribution in [2.45, 2.75) is 46.0 Å². The van der Waals surface area contributed by atoms with Gasteiger partial charge in [-0.3, -0.25) is 19.5 Å². The number of likely N-dealkylation sites (tertiary alicyclic amines) is 1. The second-order valence-electron chi connectivity index (χ2n) is 11.1. The molecule has 14 heteroatoms. The lowest BCUT2D eigenvalue weighted by molar-refractivity contribution is -0.192. The molecule has 3 aliphatic rings. The number of amides is 2. The summed E-state index contributed by atoms with van der Waals surface area (Å²) in [5, 5.41) is 23.7. The summed E-state index contributed by atoms with van der Waals surface area (Å²) in [6.07, 6.45) is -2.30. The van der Waals surface area contributed by atoms with E-state index in [2.05, 4.69) is 26.7 Å². The lowest BCUT2D eigenvalue weighted by Gasteiger charge is -2.19. The molecule has 0 bridgehead atoms. The first-order valence-corrected chi connectivity index (χ1v) is 14.0. The average Bonchev–Trinajstić information content (AvgIpc) is 3.37. The Bertz CT molecular complexity index is 1620. The minimum absolute atomic E-state index is 0.0595. The predicted molar refractivity (Wildman–Crippen MR) is 147 cm³/mol. The molecule has 10 nitrogen and oxygen atoms in total. The normalized spacial score (nSPS) is 22.4. The number of nitrogens with one attached hydrogen (secondary N) is 2. The molecule has 1 aliphatic carbocycles. The van der Waals surface area contributed by atoms with Crippen LogP contribution in [0, 0.1) is 35.5 Å². The summed E-state index contributed by atoms with van der Waals surface area (Å²) in [7, 11) is 0. The van der Waals surface area contributed by atoms with E-state index < -0.39 is 12.1 Å². The van der Waals surface area contributed by atoms with Gasteiger partial charge in [-0.1, -0.05) is 13.8 Å². The van der Waals surface area contributed by atoms with Gasteiger partial charge in [-0.15, -0.1) is 11.3 Å². The molecule has 3 fully saturated rings. The molecule has 220 valence electrons. The van der Waals surface area contributed by atoms with Gasteiger partial charge < -0.3 is 15.7 Å². The van der Waals surface area contributed by atoms with Gasteiger partial charge in [-0.25, -0.2) is 9.78 Å². The molecule has 3 aromatic heterocycles. The summed E-state index contributed by atoms with van der Waals surface area (Å²) < 4.78 is 32.7. The van der Waals surface area contributed by atoms with Crippen LogP contribution in [0.3, 0.4) is 0 Å². The third kappa shape index (κ3) is 5.30. The maximum absolute atomic E-state index is 12.8. The Morgan fingerprint density at radius 3 is 2.50 bits per heavy atom. The van der Waals surface area contributed by atoms with Crippen molar-refractivity contribution < 1.29 is 32.7 Å². The number of rotatable bonds is 5. The monoisotopic (exact) mass is 600 g/mol. The molecule has 2 amide bonds. The summed E-state index contributed by atoms with van der Waals surface area (Å²) in [6.45, 7) is 8.03. The fourth-order valence-corrected chi connectivity index (χ4v) is 6.83. The largest absolute Gasteiger partial charge is 0.490 e. The van der Waals surface area contributed by atoms with Crippen molar-refractivity contribution in [3.05, 3.63) is 40.7 Å². The smallest absolute Gasteiger partial charge is 0.475 e. The van der Waals surface area contributed by atoms with Crippen LogP contribution >= 0.6 is 11.3 Å². The maximum Gasteiger partial charge on any atom is 0.490 e. The van der Waals surface area contributed by atoms with Crippen LogP contribution in [0.25, 0.3) is 21.3 Å². The summed E-state index contributed by atoms with van der Waals surface area (Å²) >= 11 is 1.54. The van der Waals surface area contributed by atoms with Crippen molar-refractivity contribution in [1.82, 2.24) is 20.2 Å². The summed E-state index contributed by atoms with van der Waals surface area (Å²) in [5.41, 5.74) is 4.55. The highest BCUT2D eigenvalue weighted by Crippen LogP contribution is 2.63. The number of hydrogen-bond donors (Lipinski definition) is 3. The molecule has 3 atom stereocenters. The number of aromatic nitrogens is 2. The van der Waals surface area contributed by atoms with Crippen molar-refractivity contribution in [3.8, 4) is 17.2 Å². The van der Waals surface area contributed by atoms with E-state index in [1.54, 1.807) is 17.5 Å². The van der Waals surface area contributed by atoms with Gasteiger partial charge in [0, 0.05) is 34.8 Å². The molecule has 0 spiro atoms. The zero-order valence-corrected chi connectivity index (χ0v) is 23.7. The highest BCUT2D eigenvalue weighted by molar-refractivity contribution is 7.19. The number of piperidine rings is 1. The summed E-state index contributed by atoms with van der Waals surface area (Å²) in [6, 6.07) is 8.22. The van der Waals surface area contributed by atoms with Gasteiger partial charge in [0.05, 0.1) is 40.0 Å². The van der Waals surface area contributed by atoms with E-state index in [-0.39, 0.29) is 35.6 Å². The van der Waals surface area contributed by atoms with Gasteiger partial charge in [-0.05, 0) is 43.5 Å². The summed E-state index contributed by atoms with van der Waals surface area (Å²) in [4.78, 5) is 45.9. The van der Waals surface area contributed by atoms with Crippen molar-refractivity contribution in [2.24, 2.45) is 17.3 Å². The second-order valence-corrected chi connectivity index (χ2v) is 12.2. The molecule has 3 N–H and O–H groups in total. The Balaban J connectivity index is 0.000000451. The van der Waals surface area contributed by atoms with Crippen LogP contribution in [-0.4, -0.2) is 63.1 Å². The minimum atomic E-state index is -5.08. The van der Waals surface area contributed by atoms with Crippen LogP contribution in [0.1, 0.15) is 36.5 Å². The lowest BCUT2D eigenvalue weighted by Crippen LogP contribution is -2.35. The SMILES string of the molecule is Cc1nc(C#N)cc(-c2ccnc3cc(CN4C(=O)C5C(C4=O)C5(C)C)sc23)c1NC1CCNC1.O=C(O)C(F)(F)F. The van der Waals surface area contributed by atoms with Gasteiger partial charge >= 0.3 is 12.1 Å². The number of carboxylic acids is 1. The number of thiophene rings is 1. The standard InChI is InChI=1S/C26H26N6O2S.C2HF3O2/c1-13-22(31-14-4-6-28-11-14)18(8-15(10-27)30-13)17-5-7-29-19-9-16(35-23(17)19)12-32-24(33)20-21(25(32)34)26(20,2)3;3-2(4,5)1(6)7/h5,7-9,14,20-21,28,31H,4,6,11-12H2,1-3H3;(H,6,7). The molecule has 2 aliphatic heterocycles. The van der Waals surface area contributed by atoms with Gasteiger partial charge in [0.2, 0.25) is 11.8 Å². The second kappa shape index (κ2) is 10.6. The highest BCUT2D eigenvalue weighted by atomic mass is 32.1. The molecule has 0 radical (unpaired) electrons. The van der Waals surface area contributed by atoms with Crippen LogP contribution < -0.4 is 10.6 Å². The Morgan fingerprint density at radius 1 is 1.26 bits per heavy atom. The van der Waals surface area contributed by atoms with E-state index in [1.807, 2.05) is 39.0 Å². The number of fused-ring (bicyclic) bond motifs is 2. The number of carbonyl (C=O) groups excluding carboxylic acids is 2. The molecular weight excluding hydrogens is 573 g/mol. The molecule has 3 unspecified atom stereocenters. The number of carboxylic acid groups (broad SMARTS) is 1. The summed E-state index contributed by atoms with van der Waals surface area (Å²) in [5.74, 6) is -3.24. The molecule has 0 aromatic carbocycles. The number of anilines is 1. The van der Waals surface area contributed by atoms with Gasteiger partial charge in [0.1, 0.15) is 11.8 Å². The van der Waals surface area contributed by atoms with E-state index in [4.69, 9.17) is 9.90 Å². The molecule has 6 rings (SSSR count). The maximum atomic E-state index is 12.8. The van der Waals surface area contributed by atoms with Crippen molar-refractivity contribution in [3.63, 3.8) is 0 Å². The van der Waals surface area contributed by atoms with Crippen molar-refractivity contribution in [1.29, 1.82) is 5.26 Å². The number of hydrogen-bond acceptors (Lipinski definition) is 9. The van der Waals surface area contributed by atoms with Crippen LogP contribution in [0.2, 0.25) is 0 Å². The molecule has 5 heterocycles. The number of alkyl halides is 3. The predicted octanol–water partition coefficient (Wildman–Crippen LogP) is 4.09. The van der Waals surface area contributed by atoms with E-state index in [9.17, 15) is 28.0 Å². The topological polar surface area (TPSA) is 148 Å².